The average molecular weight is 354 g/mol. The largest absolute Gasteiger partial charge is 0.416 e. The molecule has 4 rings (SSSR count). The number of halogens is 3. The molecule has 1 aromatic carbocycles. The third-order valence-electron chi connectivity index (χ3n) is 5.68. The van der Waals surface area contributed by atoms with Gasteiger partial charge in [0.1, 0.15) is 0 Å². The Morgan fingerprint density at radius 1 is 1.16 bits per heavy atom. The maximum atomic E-state index is 12.6. The van der Waals surface area contributed by atoms with Crippen molar-refractivity contribution in [1.82, 2.24) is 10.2 Å². The Bertz CT molecular complexity index is 636. The highest BCUT2D eigenvalue weighted by atomic mass is 19.4. The van der Waals surface area contributed by atoms with Crippen LogP contribution in [0.25, 0.3) is 0 Å². The first-order valence-corrected chi connectivity index (χ1v) is 8.79. The molecule has 1 saturated carbocycles. The van der Waals surface area contributed by atoms with Crippen LogP contribution < -0.4 is 5.32 Å². The molecule has 3 aliphatic rings. The molecule has 7 heteroatoms. The fourth-order valence-corrected chi connectivity index (χ4v) is 4.39. The van der Waals surface area contributed by atoms with E-state index in [0.717, 1.165) is 44.5 Å². The molecule has 2 aliphatic heterocycles. The van der Waals surface area contributed by atoms with Crippen molar-refractivity contribution < 1.29 is 22.7 Å². The fraction of sp³-hybridized carbons (Fsp3) is 0.611. The Morgan fingerprint density at radius 3 is 2.48 bits per heavy atom. The summed E-state index contributed by atoms with van der Waals surface area (Å²) in [5, 5.41) is 3.05. The third kappa shape index (κ3) is 3.04. The number of nitrogens with one attached hydrogen (secondary N) is 1. The zero-order valence-electron chi connectivity index (χ0n) is 13.8. The van der Waals surface area contributed by atoms with Gasteiger partial charge in [0, 0.05) is 18.1 Å². The van der Waals surface area contributed by atoms with Gasteiger partial charge in [-0.25, -0.2) is 0 Å². The third-order valence-corrected chi connectivity index (χ3v) is 5.68. The normalized spacial score (nSPS) is 32.3. The number of alkyl halides is 3. The van der Waals surface area contributed by atoms with Crippen LogP contribution in [0.15, 0.2) is 24.3 Å². The first-order chi connectivity index (χ1) is 11.9. The van der Waals surface area contributed by atoms with Crippen molar-refractivity contribution in [1.29, 1.82) is 0 Å². The molecule has 0 aromatic heterocycles. The summed E-state index contributed by atoms with van der Waals surface area (Å²) in [6, 6.07) is 4.59. The molecule has 0 unspecified atom stereocenters. The molecule has 1 N–H and O–H groups in total. The standard InChI is InChI=1S/C18H21F3N2O2/c19-18(20,21)12-5-3-11(4-6-12)17(24)22-14-13-7-10-25-16(13)15(14)23-8-1-2-9-23/h3-6,13-16H,1-2,7-10H2,(H,22,24)/t13-,14+,15-,16-/m1/s1. The van der Waals surface area contributed by atoms with E-state index in [1.54, 1.807) is 0 Å². The SMILES string of the molecule is O=C(N[C@H]1[C@H]2CCO[C@H]2[C@@H]1N1CCCC1)c1ccc(C(F)(F)F)cc1. The number of carbonyl (C=O) groups excluding carboxylic acids is 1. The zero-order valence-corrected chi connectivity index (χ0v) is 13.8. The summed E-state index contributed by atoms with van der Waals surface area (Å²) in [5.74, 6) is -0.00253. The Labute approximate surface area is 144 Å². The molecule has 1 aliphatic carbocycles. The Kier molecular flexibility index (Phi) is 4.24. The highest BCUT2D eigenvalue weighted by Crippen LogP contribution is 2.43. The molecule has 2 saturated heterocycles. The van der Waals surface area contributed by atoms with Gasteiger partial charge in [0.2, 0.25) is 0 Å². The minimum absolute atomic E-state index is 0.0143. The molecular formula is C18H21F3N2O2. The number of benzene rings is 1. The van der Waals surface area contributed by atoms with Crippen LogP contribution in [-0.2, 0) is 10.9 Å². The lowest BCUT2D eigenvalue weighted by Crippen LogP contribution is -2.70. The summed E-state index contributed by atoms with van der Waals surface area (Å²) in [6.07, 6.45) is -0.970. The van der Waals surface area contributed by atoms with Crippen LogP contribution in [0, 0.1) is 5.92 Å². The maximum absolute atomic E-state index is 12.6. The summed E-state index contributed by atoms with van der Waals surface area (Å²) in [5.41, 5.74) is -0.484. The van der Waals surface area contributed by atoms with Gasteiger partial charge in [-0.15, -0.1) is 0 Å². The van der Waals surface area contributed by atoms with E-state index in [1.165, 1.54) is 12.1 Å². The molecule has 2 heterocycles. The first kappa shape index (κ1) is 16.8. The van der Waals surface area contributed by atoms with Gasteiger partial charge in [0.15, 0.2) is 0 Å². The van der Waals surface area contributed by atoms with E-state index in [9.17, 15) is 18.0 Å². The second kappa shape index (κ2) is 6.29. The van der Waals surface area contributed by atoms with Crippen molar-refractivity contribution in [3.63, 3.8) is 0 Å². The lowest BCUT2D eigenvalue weighted by Gasteiger charge is -2.51. The number of fused-ring (bicyclic) bond motifs is 1. The zero-order chi connectivity index (χ0) is 17.6. The fourth-order valence-electron chi connectivity index (χ4n) is 4.39. The van der Waals surface area contributed by atoms with Gasteiger partial charge < -0.3 is 10.1 Å². The molecular weight excluding hydrogens is 333 g/mol. The molecule has 1 amide bonds. The predicted octanol–water partition coefficient (Wildman–Crippen LogP) is 2.69. The molecule has 4 nitrogen and oxygen atoms in total. The summed E-state index contributed by atoms with van der Waals surface area (Å²) >= 11 is 0. The van der Waals surface area contributed by atoms with Gasteiger partial charge in [-0.2, -0.15) is 13.2 Å². The molecule has 4 atom stereocenters. The van der Waals surface area contributed by atoms with Crippen molar-refractivity contribution in [2.75, 3.05) is 19.7 Å². The van der Waals surface area contributed by atoms with Gasteiger partial charge in [-0.05, 0) is 56.6 Å². The minimum atomic E-state index is -4.39. The van der Waals surface area contributed by atoms with Crippen molar-refractivity contribution in [3.05, 3.63) is 35.4 Å². The maximum Gasteiger partial charge on any atom is 0.416 e. The van der Waals surface area contributed by atoms with Crippen molar-refractivity contribution in [2.45, 2.75) is 43.6 Å². The van der Waals surface area contributed by atoms with E-state index in [2.05, 4.69) is 10.2 Å². The van der Waals surface area contributed by atoms with E-state index in [1.807, 2.05) is 0 Å². The Hall–Kier alpha value is -1.60. The molecule has 136 valence electrons. The summed E-state index contributed by atoms with van der Waals surface area (Å²) in [7, 11) is 0. The summed E-state index contributed by atoms with van der Waals surface area (Å²) in [6.45, 7) is 2.75. The van der Waals surface area contributed by atoms with Gasteiger partial charge in [0.05, 0.1) is 23.8 Å². The van der Waals surface area contributed by atoms with Crippen LogP contribution in [0.1, 0.15) is 35.2 Å². The average Bonchev–Trinajstić information content (AvgIpc) is 3.23. The monoisotopic (exact) mass is 354 g/mol. The van der Waals surface area contributed by atoms with Crippen molar-refractivity contribution in [2.24, 2.45) is 5.92 Å². The Morgan fingerprint density at radius 2 is 1.84 bits per heavy atom. The van der Waals surface area contributed by atoms with Crippen LogP contribution in [0.4, 0.5) is 13.2 Å². The number of hydrogen-bond donors (Lipinski definition) is 1. The van der Waals surface area contributed by atoms with Crippen molar-refractivity contribution in [3.8, 4) is 0 Å². The molecule has 1 aromatic rings. The van der Waals surface area contributed by atoms with Crippen LogP contribution in [0.2, 0.25) is 0 Å². The van der Waals surface area contributed by atoms with Gasteiger partial charge in [-0.3, -0.25) is 9.69 Å². The summed E-state index contributed by atoms with van der Waals surface area (Å²) < 4.78 is 43.8. The molecule has 0 bridgehead atoms. The number of ether oxygens (including phenoxy) is 1. The highest BCUT2D eigenvalue weighted by molar-refractivity contribution is 5.94. The Balaban J connectivity index is 1.46. The lowest BCUT2D eigenvalue weighted by molar-refractivity contribution is -0.137. The van der Waals surface area contributed by atoms with E-state index in [-0.39, 0.29) is 29.7 Å². The molecule has 25 heavy (non-hydrogen) atoms. The number of likely N-dealkylation sites (tertiary alicyclic amines) is 1. The van der Waals surface area contributed by atoms with Crippen LogP contribution in [-0.4, -0.2) is 48.7 Å². The second-order valence-corrected chi connectivity index (χ2v) is 7.10. The van der Waals surface area contributed by atoms with Crippen molar-refractivity contribution >= 4 is 5.91 Å². The molecule has 3 fully saturated rings. The quantitative estimate of drug-likeness (QED) is 0.908. The van der Waals surface area contributed by atoms with Crippen LogP contribution in [0.5, 0.6) is 0 Å². The van der Waals surface area contributed by atoms with Gasteiger partial charge >= 0.3 is 6.18 Å². The van der Waals surface area contributed by atoms with E-state index < -0.39 is 11.7 Å². The number of rotatable bonds is 3. The van der Waals surface area contributed by atoms with E-state index in [0.29, 0.717) is 12.5 Å². The number of hydrogen-bond acceptors (Lipinski definition) is 3. The number of carbonyl (C=O) groups is 1. The number of amides is 1. The molecule has 0 radical (unpaired) electrons. The first-order valence-electron chi connectivity index (χ1n) is 8.79. The van der Waals surface area contributed by atoms with Gasteiger partial charge in [-0.1, -0.05) is 0 Å². The minimum Gasteiger partial charge on any atom is -0.376 e. The second-order valence-electron chi connectivity index (χ2n) is 7.10. The highest BCUT2D eigenvalue weighted by Gasteiger charge is 2.56. The van der Waals surface area contributed by atoms with Crippen LogP contribution >= 0.6 is 0 Å². The van der Waals surface area contributed by atoms with Crippen LogP contribution in [0.3, 0.4) is 0 Å². The molecule has 0 spiro atoms. The van der Waals surface area contributed by atoms with E-state index in [4.69, 9.17) is 4.74 Å². The predicted molar refractivity (Wildman–Crippen MR) is 85.1 cm³/mol. The smallest absolute Gasteiger partial charge is 0.376 e. The topological polar surface area (TPSA) is 41.6 Å². The van der Waals surface area contributed by atoms with E-state index >= 15 is 0 Å². The summed E-state index contributed by atoms with van der Waals surface area (Å²) in [4.78, 5) is 14.9. The number of nitrogens with zero attached hydrogens (tertiary/aromatic N) is 1. The van der Waals surface area contributed by atoms with Gasteiger partial charge in [0.25, 0.3) is 5.91 Å². The lowest BCUT2D eigenvalue weighted by atomic mass is 9.70.